The first-order valence-corrected chi connectivity index (χ1v) is 8.69. The molecule has 2 aliphatic heterocycles. The number of carboxylic acid groups (broad SMARTS) is 1. The van der Waals surface area contributed by atoms with Gasteiger partial charge >= 0.3 is 5.97 Å². The highest BCUT2D eigenvalue weighted by atomic mass is 16.4. The number of para-hydroxylation sites is 2. The Morgan fingerprint density at radius 1 is 1.12 bits per heavy atom. The van der Waals surface area contributed by atoms with Gasteiger partial charge in [0.2, 0.25) is 17.7 Å². The van der Waals surface area contributed by atoms with Gasteiger partial charge in [-0.1, -0.05) is 12.1 Å². The molecule has 1 fully saturated rings. The fourth-order valence-electron chi connectivity index (χ4n) is 3.43. The molecule has 3 amide bonds. The Morgan fingerprint density at radius 3 is 2.62 bits per heavy atom. The number of hydrogen-bond acceptors (Lipinski definition) is 4. The van der Waals surface area contributed by atoms with Crippen molar-refractivity contribution in [3.63, 3.8) is 0 Å². The maximum absolute atomic E-state index is 12.6. The van der Waals surface area contributed by atoms with E-state index in [1.54, 1.807) is 24.3 Å². The molecule has 2 heterocycles. The van der Waals surface area contributed by atoms with Crippen LogP contribution in [0, 0.1) is 0 Å². The molecule has 1 aromatic carbocycles. The predicted molar refractivity (Wildman–Crippen MR) is 93.6 cm³/mol. The summed E-state index contributed by atoms with van der Waals surface area (Å²) in [6.07, 6.45) is 1.85. The summed E-state index contributed by atoms with van der Waals surface area (Å²) in [6, 6.07) is 6.17. The van der Waals surface area contributed by atoms with Crippen molar-refractivity contribution in [2.75, 3.05) is 23.3 Å². The van der Waals surface area contributed by atoms with Gasteiger partial charge < -0.3 is 20.2 Å². The Balaban J connectivity index is 1.64. The second-order valence-electron chi connectivity index (χ2n) is 6.48. The van der Waals surface area contributed by atoms with E-state index in [1.165, 1.54) is 9.80 Å². The number of anilines is 2. The van der Waals surface area contributed by atoms with Crippen LogP contribution in [0.1, 0.15) is 32.1 Å². The summed E-state index contributed by atoms with van der Waals surface area (Å²) in [5.74, 6) is -1.96. The molecule has 0 saturated carbocycles. The quantitative estimate of drug-likeness (QED) is 0.840. The van der Waals surface area contributed by atoms with Crippen LogP contribution in [0.25, 0.3) is 0 Å². The van der Waals surface area contributed by atoms with E-state index in [0.29, 0.717) is 24.3 Å². The van der Waals surface area contributed by atoms with Crippen molar-refractivity contribution in [2.24, 2.45) is 0 Å². The van der Waals surface area contributed by atoms with E-state index in [4.69, 9.17) is 0 Å². The van der Waals surface area contributed by atoms with E-state index >= 15 is 0 Å². The number of likely N-dealkylation sites (tertiary alicyclic amines) is 1. The molecular weight excluding hydrogens is 338 g/mol. The van der Waals surface area contributed by atoms with Crippen molar-refractivity contribution < 1.29 is 24.3 Å². The van der Waals surface area contributed by atoms with Crippen LogP contribution < -0.4 is 10.2 Å². The second-order valence-corrected chi connectivity index (χ2v) is 6.48. The van der Waals surface area contributed by atoms with Crippen LogP contribution in [0.2, 0.25) is 0 Å². The molecule has 8 nitrogen and oxygen atoms in total. The van der Waals surface area contributed by atoms with Gasteiger partial charge in [-0.05, 0) is 31.4 Å². The van der Waals surface area contributed by atoms with E-state index in [9.17, 15) is 24.3 Å². The maximum Gasteiger partial charge on any atom is 0.326 e. The zero-order valence-electron chi connectivity index (χ0n) is 14.3. The van der Waals surface area contributed by atoms with Gasteiger partial charge in [-0.2, -0.15) is 0 Å². The number of fused-ring (bicyclic) bond motifs is 1. The summed E-state index contributed by atoms with van der Waals surface area (Å²) >= 11 is 0. The summed E-state index contributed by atoms with van der Waals surface area (Å²) in [7, 11) is 0. The second kappa shape index (κ2) is 7.55. The molecule has 0 radical (unpaired) electrons. The summed E-state index contributed by atoms with van der Waals surface area (Å²) in [5, 5.41) is 12.0. The third-order valence-electron chi connectivity index (χ3n) is 4.73. The van der Waals surface area contributed by atoms with Crippen molar-refractivity contribution in [3.8, 4) is 0 Å². The summed E-state index contributed by atoms with van der Waals surface area (Å²) in [4.78, 5) is 50.8. The molecule has 0 bridgehead atoms. The number of carboxylic acids is 1. The molecule has 1 aromatic rings. The molecule has 0 spiro atoms. The lowest BCUT2D eigenvalue weighted by Gasteiger charge is -2.33. The van der Waals surface area contributed by atoms with E-state index in [0.717, 1.165) is 12.8 Å². The molecule has 3 rings (SSSR count). The first-order chi connectivity index (χ1) is 12.5. The standard InChI is InChI=1S/C18H21N3O5/c22-15-11-21(13-6-2-1-5-12(13)19-15)17(24)9-8-16(23)20-10-4-3-7-14(20)18(25)26/h1-2,5-6,14H,3-4,7-11H2,(H,19,22)(H,25,26)/t14-/m1/s1. The minimum atomic E-state index is -1.01. The lowest BCUT2D eigenvalue weighted by atomic mass is 10.0. The van der Waals surface area contributed by atoms with Gasteiger partial charge in [0.1, 0.15) is 12.6 Å². The van der Waals surface area contributed by atoms with E-state index in [2.05, 4.69) is 5.32 Å². The van der Waals surface area contributed by atoms with Crippen molar-refractivity contribution in [1.29, 1.82) is 0 Å². The van der Waals surface area contributed by atoms with Crippen molar-refractivity contribution in [2.45, 2.75) is 38.1 Å². The molecule has 26 heavy (non-hydrogen) atoms. The average Bonchev–Trinajstić information content (AvgIpc) is 2.65. The smallest absolute Gasteiger partial charge is 0.326 e. The summed E-state index contributed by atoms with van der Waals surface area (Å²) in [5.41, 5.74) is 1.16. The van der Waals surface area contributed by atoms with Crippen molar-refractivity contribution >= 4 is 35.1 Å². The molecule has 2 aliphatic rings. The molecule has 138 valence electrons. The molecule has 0 unspecified atom stereocenters. The predicted octanol–water partition coefficient (Wildman–Crippen LogP) is 1.22. The Bertz CT molecular complexity index is 748. The number of aliphatic carboxylic acids is 1. The van der Waals surface area contributed by atoms with Gasteiger partial charge in [0, 0.05) is 19.4 Å². The SMILES string of the molecule is O=C1CN(C(=O)CCC(=O)N2CCCC[C@@H]2C(=O)O)c2ccccc2N1. The summed E-state index contributed by atoms with van der Waals surface area (Å²) in [6.45, 7) is 0.310. The lowest BCUT2D eigenvalue weighted by molar-refractivity contribution is -0.152. The average molecular weight is 359 g/mol. The number of carbonyl (C=O) groups excluding carboxylic acids is 3. The molecular formula is C18H21N3O5. The number of rotatable bonds is 4. The van der Waals surface area contributed by atoms with Crippen LogP contribution >= 0.6 is 0 Å². The lowest BCUT2D eigenvalue weighted by Crippen LogP contribution is -2.48. The number of carbonyl (C=O) groups is 4. The number of piperidine rings is 1. The van der Waals surface area contributed by atoms with Gasteiger partial charge in [-0.3, -0.25) is 14.4 Å². The van der Waals surface area contributed by atoms with Crippen LogP contribution in [0.5, 0.6) is 0 Å². The van der Waals surface area contributed by atoms with Crippen LogP contribution in [0.15, 0.2) is 24.3 Å². The zero-order chi connectivity index (χ0) is 18.7. The fraction of sp³-hybridized carbons (Fsp3) is 0.444. The topological polar surface area (TPSA) is 107 Å². The van der Waals surface area contributed by atoms with Gasteiger partial charge in [-0.15, -0.1) is 0 Å². The molecule has 1 saturated heterocycles. The van der Waals surface area contributed by atoms with Crippen molar-refractivity contribution in [3.05, 3.63) is 24.3 Å². The normalized spacial score (nSPS) is 19.5. The number of hydrogen-bond donors (Lipinski definition) is 2. The largest absolute Gasteiger partial charge is 0.480 e. The Kier molecular flexibility index (Phi) is 5.20. The highest BCUT2D eigenvalue weighted by Crippen LogP contribution is 2.29. The van der Waals surface area contributed by atoms with Crippen LogP contribution in [-0.4, -0.2) is 52.8 Å². The third-order valence-corrected chi connectivity index (χ3v) is 4.73. The van der Waals surface area contributed by atoms with E-state index in [1.807, 2.05) is 0 Å². The highest BCUT2D eigenvalue weighted by Gasteiger charge is 2.33. The number of nitrogens with one attached hydrogen (secondary N) is 1. The fourth-order valence-corrected chi connectivity index (χ4v) is 3.43. The highest BCUT2D eigenvalue weighted by molar-refractivity contribution is 6.10. The van der Waals surface area contributed by atoms with E-state index in [-0.39, 0.29) is 37.1 Å². The number of benzene rings is 1. The number of amides is 3. The summed E-state index contributed by atoms with van der Waals surface area (Å²) < 4.78 is 0. The first-order valence-electron chi connectivity index (χ1n) is 8.69. The monoisotopic (exact) mass is 359 g/mol. The van der Waals surface area contributed by atoms with Gasteiger partial charge in [-0.25, -0.2) is 4.79 Å². The van der Waals surface area contributed by atoms with Crippen LogP contribution in [0.3, 0.4) is 0 Å². The zero-order valence-corrected chi connectivity index (χ0v) is 14.3. The molecule has 0 aromatic heterocycles. The molecule has 1 atom stereocenters. The van der Waals surface area contributed by atoms with Crippen molar-refractivity contribution in [1.82, 2.24) is 4.90 Å². The van der Waals surface area contributed by atoms with E-state index < -0.39 is 12.0 Å². The maximum atomic E-state index is 12.6. The Labute approximate surface area is 150 Å². The third kappa shape index (κ3) is 3.68. The Hall–Kier alpha value is -2.90. The molecule has 0 aliphatic carbocycles. The van der Waals surface area contributed by atoms with Gasteiger partial charge in [0.25, 0.3) is 0 Å². The minimum absolute atomic E-state index is 0.0662. The van der Waals surface area contributed by atoms with Crippen LogP contribution in [-0.2, 0) is 19.2 Å². The van der Waals surface area contributed by atoms with Gasteiger partial charge in [0.15, 0.2) is 0 Å². The van der Waals surface area contributed by atoms with Gasteiger partial charge in [0.05, 0.1) is 11.4 Å². The molecule has 8 heteroatoms. The number of nitrogens with zero attached hydrogens (tertiary/aromatic N) is 2. The Morgan fingerprint density at radius 2 is 1.85 bits per heavy atom. The minimum Gasteiger partial charge on any atom is -0.480 e. The molecule has 2 N–H and O–H groups in total. The van der Waals surface area contributed by atoms with Crippen LogP contribution in [0.4, 0.5) is 11.4 Å². The first kappa shape index (κ1) is 17.9.